The molecule has 152 valence electrons. The Kier molecular flexibility index (Phi) is 7.59. The first kappa shape index (κ1) is 21.5. The average Bonchev–Trinajstić information content (AvgIpc) is 2.75. The number of carbonyl (C=O) groups is 1. The number of methoxy groups -OCH3 is 2. The summed E-state index contributed by atoms with van der Waals surface area (Å²) in [5.74, 6) is 0.628. The molecule has 0 saturated heterocycles. The van der Waals surface area contributed by atoms with Gasteiger partial charge in [-0.25, -0.2) is 0 Å². The second-order valence-electron chi connectivity index (χ2n) is 5.35. The Morgan fingerprint density at radius 3 is 1.29 bits per heavy atom. The number of carbonyl (C=O) groups excluding carboxylic acids is 1. The molecular formula is C19H24N2O7. The predicted octanol–water partition coefficient (Wildman–Crippen LogP) is 2.79. The number of hydrogen-bond acceptors (Lipinski definition) is 9. The molecule has 0 fully saturated rings. The zero-order chi connectivity index (χ0) is 20.7. The first-order valence-corrected chi connectivity index (χ1v) is 8.22. The van der Waals surface area contributed by atoms with Crippen molar-refractivity contribution in [2.45, 2.75) is 0 Å². The smallest absolute Gasteiger partial charge is 0.193 e. The molecule has 0 aliphatic carbocycles. The van der Waals surface area contributed by atoms with Crippen LogP contribution in [-0.2, 0) is 19.4 Å². The van der Waals surface area contributed by atoms with Crippen LogP contribution in [0.15, 0.2) is 36.4 Å². The molecule has 0 saturated carbocycles. The molecule has 0 spiro atoms. The fraction of sp³-hybridized carbons (Fsp3) is 0.316. The number of nitrogens with zero attached hydrogens (tertiary/aromatic N) is 2. The van der Waals surface area contributed by atoms with Gasteiger partial charge in [0, 0.05) is 11.1 Å². The van der Waals surface area contributed by atoms with Crippen molar-refractivity contribution in [3.8, 4) is 11.5 Å². The van der Waals surface area contributed by atoms with E-state index in [4.69, 9.17) is 28.8 Å². The molecule has 0 aromatic heterocycles. The van der Waals surface area contributed by atoms with Crippen molar-refractivity contribution in [1.29, 1.82) is 0 Å². The van der Waals surface area contributed by atoms with Gasteiger partial charge in [-0.3, -0.25) is 24.1 Å². The summed E-state index contributed by atoms with van der Waals surface area (Å²) in [7, 11) is 8.83. The van der Waals surface area contributed by atoms with Crippen LogP contribution in [0.1, 0.15) is 15.9 Å². The first-order valence-electron chi connectivity index (χ1n) is 8.22. The Hall–Kier alpha value is -2.85. The summed E-state index contributed by atoms with van der Waals surface area (Å²) in [6, 6.07) is 9.87. The minimum atomic E-state index is -0.211. The van der Waals surface area contributed by atoms with E-state index in [0.717, 1.165) is 0 Å². The Balaban J connectivity index is 2.40. The fourth-order valence-corrected chi connectivity index (χ4v) is 2.65. The maximum atomic E-state index is 13.0. The van der Waals surface area contributed by atoms with Gasteiger partial charge < -0.3 is 9.47 Å². The third-order valence-corrected chi connectivity index (χ3v) is 3.94. The highest BCUT2D eigenvalue weighted by Gasteiger charge is 2.19. The number of anilines is 2. The predicted molar refractivity (Wildman–Crippen MR) is 102 cm³/mol. The molecule has 2 rings (SSSR count). The van der Waals surface area contributed by atoms with Crippen LogP contribution < -0.4 is 19.9 Å². The van der Waals surface area contributed by atoms with E-state index < -0.39 is 0 Å². The van der Waals surface area contributed by atoms with Crippen molar-refractivity contribution in [2.24, 2.45) is 0 Å². The van der Waals surface area contributed by atoms with Crippen LogP contribution in [0, 0.1) is 0 Å². The van der Waals surface area contributed by atoms with Gasteiger partial charge in [-0.05, 0) is 36.4 Å². The van der Waals surface area contributed by atoms with Gasteiger partial charge in [0.05, 0.1) is 42.7 Å². The summed E-state index contributed by atoms with van der Waals surface area (Å²) in [4.78, 5) is 33.4. The van der Waals surface area contributed by atoms with Gasteiger partial charge in [-0.2, -0.15) is 0 Å². The second-order valence-corrected chi connectivity index (χ2v) is 5.35. The molecule has 0 N–H and O–H groups in total. The molecule has 28 heavy (non-hydrogen) atoms. The number of rotatable bonds is 10. The highest BCUT2D eigenvalue weighted by molar-refractivity contribution is 6.10. The summed E-state index contributed by atoms with van der Waals surface area (Å²) < 4.78 is 10.7. The number of hydrogen-bond donors (Lipinski definition) is 0. The molecule has 0 bridgehead atoms. The molecule has 9 heteroatoms. The summed E-state index contributed by atoms with van der Waals surface area (Å²) in [6.45, 7) is 0. The molecule has 0 amide bonds. The van der Waals surface area contributed by atoms with E-state index in [9.17, 15) is 4.79 Å². The molecule has 0 heterocycles. The monoisotopic (exact) mass is 392 g/mol. The topological polar surface area (TPSA) is 78.9 Å². The van der Waals surface area contributed by atoms with E-state index >= 15 is 0 Å². The number of ketones is 1. The standard InChI is InChI=1S/C19H24N2O7/c1-23-17-11-13(7-9-15(17)20(25-3)26-4)19(22)14-8-10-16(18(12-14)24-2)21(27-5)28-6/h7-12H,1-6H3. The van der Waals surface area contributed by atoms with Crippen LogP contribution >= 0.6 is 0 Å². The minimum Gasteiger partial charge on any atom is -0.494 e. The van der Waals surface area contributed by atoms with E-state index in [1.807, 2.05) is 0 Å². The van der Waals surface area contributed by atoms with Crippen LogP contribution in [0.2, 0.25) is 0 Å². The summed E-state index contributed by atoms with van der Waals surface area (Å²) in [6.07, 6.45) is 0. The Labute approximate surface area is 163 Å². The Morgan fingerprint density at radius 2 is 1.00 bits per heavy atom. The lowest BCUT2D eigenvalue weighted by Crippen LogP contribution is -2.21. The molecule has 0 radical (unpaired) electrons. The zero-order valence-corrected chi connectivity index (χ0v) is 16.7. The van der Waals surface area contributed by atoms with Crippen molar-refractivity contribution < 1.29 is 33.6 Å². The molecule has 0 atom stereocenters. The maximum Gasteiger partial charge on any atom is 0.193 e. The quantitative estimate of drug-likeness (QED) is 0.448. The van der Waals surface area contributed by atoms with Crippen molar-refractivity contribution >= 4 is 17.2 Å². The number of ether oxygens (including phenoxy) is 2. The Bertz CT molecular complexity index is 739. The highest BCUT2D eigenvalue weighted by atomic mass is 16.9. The van der Waals surface area contributed by atoms with Gasteiger partial charge in [0.2, 0.25) is 0 Å². The zero-order valence-electron chi connectivity index (χ0n) is 16.7. The van der Waals surface area contributed by atoms with E-state index in [-0.39, 0.29) is 5.78 Å². The molecule has 2 aromatic carbocycles. The number of benzene rings is 2. The molecule has 9 nitrogen and oxygen atoms in total. The van der Waals surface area contributed by atoms with Crippen LogP contribution in [0.5, 0.6) is 11.5 Å². The van der Waals surface area contributed by atoms with Crippen LogP contribution in [0.25, 0.3) is 0 Å². The normalized spacial score (nSPS) is 10.5. The van der Waals surface area contributed by atoms with Crippen LogP contribution in [0.4, 0.5) is 11.4 Å². The van der Waals surface area contributed by atoms with Crippen molar-refractivity contribution in [3.05, 3.63) is 47.5 Å². The lowest BCUT2D eigenvalue weighted by atomic mass is 10.0. The summed E-state index contributed by atoms with van der Waals surface area (Å²) >= 11 is 0. The van der Waals surface area contributed by atoms with Gasteiger partial charge >= 0.3 is 0 Å². The molecular weight excluding hydrogens is 368 g/mol. The van der Waals surface area contributed by atoms with Crippen molar-refractivity contribution in [3.63, 3.8) is 0 Å². The van der Waals surface area contributed by atoms with Crippen LogP contribution in [-0.4, -0.2) is 48.4 Å². The van der Waals surface area contributed by atoms with Crippen molar-refractivity contribution in [1.82, 2.24) is 0 Å². The third kappa shape index (κ3) is 4.34. The first-order chi connectivity index (χ1) is 13.5. The highest BCUT2D eigenvalue weighted by Crippen LogP contribution is 2.33. The maximum absolute atomic E-state index is 13.0. The molecule has 0 unspecified atom stereocenters. The van der Waals surface area contributed by atoms with Gasteiger partial charge in [0.15, 0.2) is 5.78 Å². The van der Waals surface area contributed by atoms with Gasteiger partial charge in [0.1, 0.15) is 22.9 Å². The lowest BCUT2D eigenvalue weighted by molar-refractivity contribution is -0.0442. The molecule has 0 aliphatic heterocycles. The lowest BCUT2D eigenvalue weighted by Gasteiger charge is -2.21. The minimum absolute atomic E-state index is 0.211. The van der Waals surface area contributed by atoms with E-state index in [0.29, 0.717) is 34.0 Å². The molecule has 2 aromatic rings. The summed E-state index contributed by atoms with van der Waals surface area (Å²) in [5.41, 5.74) is 1.90. The average molecular weight is 392 g/mol. The summed E-state index contributed by atoms with van der Waals surface area (Å²) in [5, 5.41) is 2.35. The van der Waals surface area contributed by atoms with Crippen LogP contribution in [0.3, 0.4) is 0 Å². The third-order valence-electron chi connectivity index (χ3n) is 3.94. The van der Waals surface area contributed by atoms with Crippen molar-refractivity contribution in [2.75, 3.05) is 53.1 Å². The van der Waals surface area contributed by atoms with E-state index in [1.165, 1.54) is 53.1 Å². The van der Waals surface area contributed by atoms with Gasteiger partial charge in [0.25, 0.3) is 0 Å². The van der Waals surface area contributed by atoms with E-state index in [1.54, 1.807) is 36.4 Å². The SMILES string of the molecule is COc1cc(C(=O)c2ccc(N(OC)OC)c(OC)c2)ccc1N(OC)OC. The van der Waals surface area contributed by atoms with E-state index in [2.05, 4.69) is 0 Å². The largest absolute Gasteiger partial charge is 0.494 e. The molecule has 0 aliphatic rings. The second kappa shape index (κ2) is 9.90. The Morgan fingerprint density at radius 1 is 0.643 bits per heavy atom. The van der Waals surface area contributed by atoms with Gasteiger partial charge in [-0.15, -0.1) is 10.5 Å². The van der Waals surface area contributed by atoms with Gasteiger partial charge in [-0.1, -0.05) is 0 Å². The fourth-order valence-electron chi connectivity index (χ4n) is 2.65.